The molecule has 0 fully saturated rings. The average molecular weight is 291 g/mol. The van der Waals surface area contributed by atoms with Crippen LogP contribution in [0.4, 0.5) is 0 Å². The fourth-order valence-electron chi connectivity index (χ4n) is 1.84. The Hall–Kier alpha value is -1.95. The van der Waals surface area contributed by atoms with Crippen LogP contribution in [-0.2, 0) is 16.0 Å². The third-order valence-electron chi connectivity index (χ3n) is 2.79. The first kappa shape index (κ1) is 14.5. The minimum atomic E-state index is -0.511. The molecule has 2 amide bonds. The van der Waals surface area contributed by atoms with Gasteiger partial charge in [0.1, 0.15) is 6.04 Å². The van der Waals surface area contributed by atoms with E-state index in [1.807, 2.05) is 24.3 Å². The zero-order valence-electron chi connectivity index (χ0n) is 11.5. The van der Waals surface area contributed by atoms with Crippen molar-refractivity contribution in [3.8, 4) is 0 Å². The molecule has 5 nitrogen and oxygen atoms in total. The fraction of sp³-hybridized carbons (Fsp3) is 0.357. The molecule has 0 aliphatic heterocycles. The van der Waals surface area contributed by atoms with Crippen molar-refractivity contribution < 1.29 is 9.59 Å². The van der Waals surface area contributed by atoms with Crippen molar-refractivity contribution in [2.45, 2.75) is 26.3 Å². The van der Waals surface area contributed by atoms with E-state index >= 15 is 0 Å². The van der Waals surface area contributed by atoms with Gasteiger partial charge in [0, 0.05) is 19.9 Å². The number of aromatic nitrogens is 1. The first-order chi connectivity index (χ1) is 9.56. The Balaban J connectivity index is 1.83. The number of hydrogen-bond acceptors (Lipinski definition) is 4. The lowest BCUT2D eigenvalue weighted by molar-refractivity contribution is -0.127. The number of nitrogens with zero attached hydrogens (tertiary/aromatic N) is 1. The van der Waals surface area contributed by atoms with E-state index in [4.69, 9.17) is 0 Å². The quantitative estimate of drug-likeness (QED) is 0.876. The van der Waals surface area contributed by atoms with Gasteiger partial charge in [-0.15, -0.1) is 11.3 Å². The van der Waals surface area contributed by atoms with Crippen LogP contribution < -0.4 is 10.6 Å². The number of hydrogen-bond donors (Lipinski definition) is 2. The summed E-state index contributed by atoms with van der Waals surface area (Å²) in [6, 6.07) is 7.45. The van der Waals surface area contributed by atoms with Gasteiger partial charge >= 0.3 is 0 Å². The highest BCUT2D eigenvalue weighted by atomic mass is 32.1. The molecular weight excluding hydrogens is 274 g/mol. The van der Waals surface area contributed by atoms with E-state index in [2.05, 4.69) is 15.6 Å². The van der Waals surface area contributed by atoms with Crippen LogP contribution in [0.2, 0.25) is 0 Å². The Morgan fingerprint density at radius 1 is 1.35 bits per heavy atom. The molecule has 0 aliphatic carbocycles. The van der Waals surface area contributed by atoms with Gasteiger partial charge in [0.15, 0.2) is 0 Å². The van der Waals surface area contributed by atoms with Crippen molar-refractivity contribution in [2.24, 2.45) is 0 Å². The van der Waals surface area contributed by atoms with Gasteiger partial charge in [-0.2, -0.15) is 0 Å². The second kappa shape index (κ2) is 6.47. The molecule has 20 heavy (non-hydrogen) atoms. The molecular formula is C14H17N3O2S. The lowest BCUT2D eigenvalue weighted by atomic mass is 10.3. The number of carbonyl (C=O) groups is 2. The topological polar surface area (TPSA) is 71.1 Å². The van der Waals surface area contributed by atoms with E-state index in [1.165, 1.54) is 6.92 Å². The van der Waals surface area contributed by atoms with E-state index in [0.29, 0.717) is 13.0 Å². The summed E-state index contributed by atoms with van der Waals surface area (Å²) >= 11 is 1.64. The number of fused-ring (bicyclic) bond motifs is 1. The summed E-state index contributed by atoms with van der Waals surface area (Å²) in [4.78, 5) is 27.1. The zero-order valence-corrected chi connectivity index (χ0v) is 12.3. The van der Waals surface area contributed by atoms with E-state index in [-0.39, 0.29) is 11.8 Å². The van der Waals surface area contributed by atoms with Crippen molar-refractivity contribution in [3.05, 3.63) is 29.3 Å². The molecule has 1 atom stereocenters. The minimum absolute atomic E-state index is 0.179. The largest absolute Gasteiger partial charge is 0.354 e. The van der Waals surface area contributed by atoms with Crippen LogP contribution in [0, 0.1) is 0 Å². The van der Waals surface area contributed by atoms with Gasteiger partial charge in [0.25, 0.3) is 0 Å². The van der Waals surface area contributed by atoms with Crippen LogP contribution in [0.15, 0.2) is 24.3 Å². The highest BCUT2D eigenvalue weighted by Gasteiger charge is 2.13. The standard InChI is InChI=1S/C14H17N3O2S/c1-9(16-10(2)18)14(19)15-8-7-13-17-11-5-3-4-6-12(11)20-13/h3-6,9H,7-8H2,1-2H3,(H,15,19)(H,16,18). The molecule has 0 spiro atoms. The third kappa shape index (κ3) is 3.77. The van der Waals surface area contributed by atoms with E-state index in [0.717, 1.165) is 15.2 Å². The molecule has 2 aromatic rings. The van der Waals surface area contributed by atoms with Gasteiger partial charge < -0.3 is 10.6 Å². The Morgan fingerprint density at radius 3 is 2.80 bits per heavy atom. The van der Waals surface area contributed by atoms with Gasteiger partial charge in [0.05, 0.1) is 15.2 Å². The first-order valence-electron chi connectivity index (χ1n) is 6.45. The van der Waals surface area contributed by atoms with Crippen molar-refractivity contribution >= 4 is 33.4 Å². The summed E-state index contributed by atoms with van der Waals surface area (Å²) in [6.45, 7) is 3.57. The summed E-state index contributed by atoms with van der Waals surface area (Å²) in [5.74, 6) is -0.389. The van der Waals surface area contributed by atoms with E-state index in [9.17, 15) is 9.59 Å². The van der Waals surface area contributed by atoms with Gasteiger partial charge in [0.2, 0.25) is 11.8 Å². The van der Waals surface area contributed by atoms with Crippen LogP contribution >= 0.6 is 11.3 Å². The second-order valence-electron chi connectivity index (χ2n) is 4.54. The van der Waals surface area contributed by atoms with Crippen molar-refractivity contribution in [1.29, 1.82) is 0 Å². The smallest absolute Gasteiger partial charge is 0.242 e. The van der Waals surface area contributed by atoms with Crippen molar-refractivity contribution in [3.63, 3.8) is 0 Å². The Labute approximate surface area is 121 Å². The van der Waals surface area contributed by atoms with E-state index in [1.54, 1.807) is 18.3 Å². The maximum absolute atomic E-state index is 11.7. The molecule has 2 N–H and O–H groups in total. The molecule has 1 aromatic heterocycles. The number of rotatable bonds is 5. The van der Waals surface area contributed by atoms with E-state index < -0.39 is 6.04 Å². The summed E-state index contributed by atoms with van der Waals surface area (Å²) in [5.41, 5.74) is 0.991. The summed E-state index contributed by atoms with van der Waals surface area (Å²) in [6.07, 6.45) is 0.692. The Bertz CT molecular complexity index is 591. The highest BCUT2D eigenvalue weighted by Crippen LogP contribution is 2.21. The Kier molecular flexibility index (Phi) is 4.68. The lowest BCUT2D eigenvalue weighted by Crippen LogP contribution is -2.44. The van der Waals surface area contributed by atoms with Crippen LogP contribution in [0.3, 0.4) is 0 Å². The molecule has 0 aliphatic rings. The maximum Gasteiger partial charge on any atom is 0.242 e. The molecule has 0 saturated heterocycles. The zero-order chi connectivity index (χ0) is 14.5. The average Bonchev–Trinajstić information content (AvgIpc) is 2.80. The number of para-hydroxylation sites is 1. The fourth-order valence-corrected chi connectivity index (χ4v) is 2.81. The maximum atomic E-state index is 11.7. The molecule has 106 valence electrons. The molecule has 0 radical (unpaired) electrons. The third-order valence-corrected chi connectivity index (χ3v) is 3.89. The predicted molar refractivity (Wildman–Crippen MR) is 79.6 cm³/mol. The minimum Gasteiger partial charge on any atom is -0.354 e. The van der Waals surface area contributed by atoms with Gasteiger partial charge in [-0.05, 0) is 19.1 Å². The molecule has 1 aromatic carbocycles. The molecule has 0 bridgehead atoms. The molecule has 0 saturated carbocycles. The molecule has 6 heteroatoms. The number of nitrogens with one attached hydrogen (secondary N) is 2. The second-order valence-corrected chi connectivity index (χ2v) is 5.65. The highest BCUT2D eigenvalue weighted by molar-refractivity contribution is 7.18. The lowest BCUT2D eigenvalue weighted by Gasteiger charge is -2.12. The molecule has 1 heterocycles. The summed E-state index contributed by atoms with van der Waals surface area (Å²) in [5, 5.41) is 6.34. The van der Waals surface area contributed by atoms with Gasteiger partial charge in [-0.25, -0.2) is 4.98 Å². The van der Waals surface area contributed by atoms with Crippen LogP contribution in [0.25, 0.3) is 10.2 Å². The summed E-state index contributed by atoms with van der Waals surface area (Å²) < 4.78 is 1.15. The van der Waals surface area contributed by atoms with Crippen LogP contribution in [0.5, 0.6) is 0 Å². The van der Waals surface area contributed by atoms with Crippen molar-refractivity contribution in [2.75, 3.05) is 6.54 Å². The molecule has 2 rings (SSSR count). The normalized spacial score (nSPS) is 12.1. The summed E-state index contributed by atoms with van der Waals surface area (Å²) in [7, 11) is 0. The number of carbonyl (C=O) groups excluding carboxylic acids is 2. The molecule has 1 unspecified atom stereocenters. The van der Waals surface area contributed by atoms with Crippen LogP contribution in [-0.4, -0.2) is 29.4 Å². The Morgan fingerprint density at radius 2 is 2.10 bits per heavy atom. The van der Waals surface area contributed by atoms with Crippen LogP contribution in [0.1, 0.15) is 18.9 Å². The van der Waals surface area contributed by atoms with Gasteiger partial charge in [-0.1, -0.05) is 12.1 Å². The monoisotopic (exact) mass is 291 g/mol. The number of amides is 2. The predicted octanol–water partition coefficient (Wildman–Crippen LogP) is 1.48. The number of benzene rings is 1. The van der Waals surface area contributed by atoms with Gasteiger partial charge in [-0.3, -0.25) is 9.59 Å². The SMILES string of the molecule is CC(=O)NC(C)C(=O)NCCc1nc2ccccc2s1. The van der Waals surface area contributed by atoms with Crippen molar-refractivity contribution in [1.82, 2.24) is 15.6 Å². The number of thiazole rings is 1. The first-order valence-corrected chi connectivity index (χ1v) is 7.27.